The van der Waals surface area contributed by atoms with E-state index in [1.54, 1.807) is 34.7 Å². The SMILES string of the molecule is Cc1ccc(C(C(=O)NC2CCCCC2)N(C)C(=O)C(C)NC(=O)OC(C)(C)C)cc1. The van der Waals surface area contributed by atoms with Gasteiger partial charge in [0, 0.05) is 13.1 Å². The molecule has 1 saturated carbocycles. The predicted molar refractivity (Wildman–Crippen MR) is 121 cm³/mol. The Morgan fingerprint density at radius 3 is 2.19 bits per heavy atom. The third-order valence-electron chi connectivity index (χ3n) is 5.43. The van der Waals surface area contributed by atoms with Crippen molar-refractivity contribution in [3.8, 4) is 0 Å². The summed E-state index contributed by atoms with van der Waals surface area (Å²) in [6, 6.07) is 6.11. The van der Waals surface area contributed by atoms with E-state index >= 15 is 0 Å². The van der Waals surface area contributed by atoms with Crippen molar-refractivity contribution in [2.24, 2.45) is 0 Å². The van der Waals surface area contributed by atoms with Crippen molar-refractivity contribution in [1.29, 1.82) is 0 Å². The number of hydrogen-bond acceptors (Lipinski definition) is 4. The molecule has 7 heteroatoms. The first-order chi connectivity index (χ1) is 14.5. The molecule has 0 heterocycles. The van der Waals surface area contributed by atoms with Crippen LogP contribution in [0.15, 0.2) is 24.3 Å². The second-order valence-corrected chi connectivity index (χ2v) is 9.47. The fraction of sp³-hybridized carbons (Fsp3) is 0.625. The molecule has 2 rings (SSSR count). The molecule has 1 aliphatic rings. The number of ether oxygens (including phenoxy) is 1. The zero-order chi connectivity index (χ0) is 23.2. The van der Waals surface area contributed by atoms with Crippen molar-refractivity contribution in [3.05, 3.63) is 35.4 Å². The third-order valence-corrected chi connectivity index (χ3v) is 5.43. The Kier molecular flexibility index (Phi) is 8.48. The zero-order valence-electron chi connectivity index (χ0n) is 19.7. The minimum absolute atomic E-state index is 0.134. The molecule has 0 bridgehead atoms. The number of carbonyl (C=O) groups is 3. The van der Waals surface area contributed by atoms with Crippen LogP contribution in [-0.2, 0) is 14.3 Å². The van der Waals surface area contributed by atoms with Crippen molar-refractivity contribution in [1.82, 2.24) is 15.5 Å². The first kappa shape index (κ1) is 24.7. The van der Waals surface area contributed by atoms with Gasteiger partial charge in [-0.2, -0.15) is 0 Å². The number of amides is 3. The Bertz CT molecular complexity index is 764. The van der Waals surface area contributed by atoms with Crippen LogP contribution < -0.4 is 10.6 Å². The lowest BCUT2D eigenvalue weighted by Gasteiger charge is -2.32. The van der Waals surface area contributed by atoms with E-state index in [9.17, 15) is 14.4 Å². The molecular formula is C24H37N3O4. The maximum atomic E-state index is 13.3. The quantitative estimate of drug-likeness (QED) is 0.716. The molecule has 2 atom stereocenters. The van der Waals surface area contributed by atoms with Crippen LogP contribution >= 0.6 is 0 Å². The summed E-state index contributed by atoms with van der Waals surface area (Å²) >= 11 is 0. The largest absolute Gasteiger partial charge is 0.444 e. The Labute approximate surface area is 185 Å². The van der Waals surface area contributed by atoms with E-state index in [4.69, 9.17) is 4.74 Å². The monoisotopic (exact) mass is 431 g/mol. The topological polar surface area (TPSA) is 87.7 Å². The standard InChI is InChI=1S/C24H37N3O4/c1-16-12-14-18(15-13-16)20(21(28)26-19-10-8-7-9-11-19)27(6)22(29)17(2)25-23(30)31-24(3,4)5/h12-15,17,19-20H,7-11H2,1-6H3,(H,25,30)(H,26,28). The van der Waals surface area contributed by atoms with E-state index in [1.165, 1.54) is 11.3 Å². The van der Waals surface area contributed by atoms with Gasteiger partial charge in [-0.3, -0.25) is 9.59 Å². The van der Waals surface area contributed by atoms with Gasteiger partial charge in [0.1, 0.15) is 17.7 Å². The van der Waals surface area contributed by atoms with E-state index in [1.807, 2.05) is 31.2 Å². The number of aryl methyl sites for hydroxylation is 1. The van der Waals surface area contributed by atoms with Crippen molar-refractivity contribution in [2.75, 3.05) is 7.05 Å². The zero-order valence-corrected chi connectivity index (χ0v) is 19.7. The average Bonchev–Trinajstić information content (AvgIpc) is 2.68. The fourth-order valence-corrected chi connectivity index (χ4v) is 3.81. The molecular weight excluding hydrogens is 394 g/mol. The van der Waals surface area contributed by atoms with Crippen molar-refractivity contribution in [2.45, 2.75) is 90.4 Å². The van der Waals surface area contributed by atoms with Gasteiger partial charge >= 0.3 is 6.09 Å². The van der Waals surface area contributed by atoms with Crippen LogP contribution in [0.5, 0.6) is 0 Å². The van der Waals surface area contributed by atoms with Gasteiger partial charge in [0.05, 0.1) is 0 Å². The van der Waals surface area contributed by atoms with Crippen molar-refractivity contribution in [3.63, 3.8) is 0 Å². The number of nitrogens with zero attached hydrogens (tertiary/aromatic N) is 1. The summed E-state index contributed by atoms with van der Waals surface area (Å²) in [6.07, 6.45) is 4.65. The Morgan fingerprint density at radius 1 is 1.06 bits per heavy atom. The lowest BCUT2D eigenvalue weighted by Crippen LogP contribution is -2.51. The summed E-state index contributed by atoms with van der Waals surface area (Å²) in [4.78, 5) is 39.9. The predicted octanol–water partition coefficient (Wildman–Crippen LogP) is 3.86. The number of rotatable bonds is 6. The van der Waals surface area contributed by atoms with Gasteiger partial charge < -0.3 is 20.3 Å². The average molecular weight is 432 g/mol. The molecule has 2 N–H and O–H groups in total. The molecule has 1 aliphatic carbocycles. The molecule has 0 aliphatic heterocycles. The molecule has 2 unspecified atom stereocenters. The summed E-state index contributed by atoms with van der Waals surface area (Å²) in [5.74, 6) is -0.564. The summed E-state index contributed by atoms with van der Waals surface area (Å²) < 4.78 is 5.24. The molecule has 1 aromatic rings. The fourth-order valence-electron chi connectivity index (χ4n) is 3.81. The Hall–Kier alpha value is -2.57. The van der Waals surface area contributed by atoms with Gasteiger partial charge in [0.15, 0.2) is 0 Å². The van der Waals surface area contributed by atoms with E-state index in [0.29, 0.717) is 0 Å². The highest BCUT2D eigenvalue weighted by molar-refractivity contribution is 5.91. The van der Waals surface area contributed by atoms with Gasteiger partial charge in [0.25, 0.3) is 0 Å². The summed E-state index contributed by atoms with van der Waals surface area (Å²) in [7, 11) is 1.60. The van der Waals surface area contributed by atoms with Crippen molar-refractivity contribution < 1.29 is 19.1 Å². The minimum Gasteiger partial charge on any atom is -0.444 e. The van der Waals surface area contributed by atoms with E-state index < -0.39 is 23.8 Å². The first-order valence-corrected chi connectivity index (χ1v) is 11.1. The van der Waals surface area contributed by atoms with Gasteiger partial charge in [-0.05, 0) is 53.0 Å². The summed E-state index contributed by atoms with van der Waals surface area (Å²) in [5.41, 5.74) is 1.15. The van der Waals surface area contributed by atoms with Crippen molar-refractivity contribution >= 4 is 17.9 Å². The van der Waals surface area contributed by atoms with Crippen LogP contribution in [0, 0.1) is 6.92 Å². The lowest BCUT2D eigenvalue weighted by atomic mass is 9.94. The van der Waals surface area contributed by atoms with Gasteiger partial charge in [-0.25, -0.2) is 4.79 Å². The van der Waals surface area contributed by atoms with Gasteiger partial charge in [0.2, 0.25) is 11.8 Å². The number of carbonyl (C=O) groups excluding carboxylic acids is 3. The molecule has 0 aromatic heterocycles. The van der Waals surface area contributed by atoms with Crippen LogP contribution in [0.1, 0.15) is 77.0 Å². The van der Waals surface area contributed by atoms with Crippen LogP contribution in [0.2, 0.25) is 0 Å². The number of likely N-dealkylation sites (N-methyl/N-ethyl adjacent to an activating group) is 1. The highest BCUT2D eigenvalue weighted by atomic mass is 16.6. The molecule has 7 nitrogen and oxygen atoms in total. The van der Waals surface area contributed by atoms with E-state index in [0.717, 1.165) is 36.8 Å². The van der Waals surface area contributed by atoms with E-state index in [2.05, 4.69) is 10.6 Å². The number of alkyl carbamates (subject to hydrolysis) is 1. The smallest absolute Gasteiger partial charge is 0.408 e. The lowest BCUT2D eigenvalue weighted by molar-refractivity contribution is -0.140. The summed E-state index contributed by atoms with van der Waals surface area (Å²) in [5, 5.41) is 5.70. The normalized spacial score (nSPS) is 16.7. The van der Waals surface area contributed by atoms with Gasteiger partial charge in [-0.1, -0.05) is 49.1 Å². The number of nitrogens with one attached hydrogen (secondary N) is 2. The highest BCUT2D eigenvalue weighted by Gasteiger charge is 2.33. The molecule has 172 valence electrons. The molecule has 0 spiro atoms. The highest BCUT2D eigenvalue weighted by Crippen LogP contribution is 2.24. The number of hydrogen-bond donors (Lipinski definition) is 2. The second kappa shape index (κ2) is 10.6. The molecule has 1 aromatic carbocycles. The molecule has 1 fully saturated rings. The molecule has 3 amide bonds. The molecule has 31 heavy (non-hydrogen) atoms. The third kappa shape index (κ3) is 7.56. The van der Waals surface area contributed by atoms with E-state index in [-0.39, 0.29) is 17.9 Å². The van der Waals surface area contributed by atoms with Crippen LogP contribution in [0.25, 0.3) is 0 Å². The Balaban J connectivity index is 2.17. The molecule has 0 radical (unpaired) electrons. The maximum Gasteiger partial charge on any atom is 0.408 e. The Morgan fingerprint density at radius 2 is 1.65 bits per heavy atom. The van der Waals surface area contributed by atoms with Crippen LogP contribution in [0.3, 0.4) is 0 Å². The summed E-state index contributed by atoms with van der Waals surface area (Å²) in [6.45, 7) is 8.84. The second-order valence-electron chi connectivity index (χ2n) is 9.47. The van der Waals surface area contributed by atoms with Crippen LogP contribution in [-0.4, -0.2) is 47.5 Å². The molecule has 0 saturated heterocycles. The minimum atomic E-state index is -0.838. The maximum absolute atomic E-state index is 13.3. The van der Waals surface area contributed by atoms with Crippen LogP contribution in [0.4, 0.5) is 4.79 Å². The number of benzene rings is 1. The first-order valence-electron chi connectivity index (χ1n) is 11.1. The van der Waals surface area contributed by atoms with Gasteiger partial charge in [-0.15, -0.1) is 0 Å².